The second kappa shape index (κ2) is 15.6. The average molecular weight is 702 g/mol. The van der Waals surface area contributed by atoms with Crippen LogP contribution in [0.1, 0.15) is 81.2 Å². The number of nitrogens with zero attached hydrogens (tertiary/aromatic N) is 1. The number of benzene rings is 3. The Hall–Kier alpha value is -3.82. The Bertz CT molecular complexity index is 1550. The van der Waals surface area contributed by atoms with Crippen LogP contribution in [0.15, 0.2) is 78.9 Å². The lowest BCUT2D eigenvalue weighted by Crippen LogP contribution is -2.67. The standard InChI is InChI=1S/C41H59N3O5Si/c1-12-41(10,28-42-38(46)49-39(4,5)6)48-32-24-23-30-25-31(43-37(45)36(29(2)3)44(11)35(30)26-32)27-47-50(40(7,8)9,33-19-15-13-16-20-33)34-21-17-14-18-22-34/h13-24,26,29,31,36H,12,25,27-28H2,1-11H3,(H,42,46)(H,43,45)/t31-,36-,41+/m0/s1. The van der Waals surface area contributed by atoms with Crippen molar-refractivity contribution in [1.82, 2.24) is 10.6 Å². The molecule has 1 aliphatic heterocycles. The molecule has 0 spiro atoms. The first-order chi connectivity index (χ1) is 23.4. The van der Waals surface area contributed by atoms with Gasteiger partial charge in [-0.25, -0.2) is 4.79 Å². The average Bonchev–Trinajstić information content (AvgIpc) is 3.03. The Morgan fingerprint density at radius 1 is 0.940 bits per heavy atom. The quantitative estimate of drug-likeness (QED) is 0.213. The van der Waals surface area contributed by atoms with Crippen LogP contribution in [0, 0.1) is 5.92 Å². The van der Waals surface area contributed by atoms with Gasteiger partial charge in [-0.1, -0.05) is 108 Å². The Morgan fingerprint density at radius 3 is 2.02 bits per heavy atom. The lowest BCUT2D eigenvalue weighted by Gasteiger charge is -2.44. The minimum absolute atomic E-state index is 0.0181. The molecule has 0 unspecified atom stereocenters. The maximum Gasteiger partial charge on any atom is 0.407 e. The van der Waals surface area contributed by atoms with Gasteiger partial charge in [-0.05, 0) is 73.5 Å². The fourth-order valence-electron chi connectivity index (χ4n) is 6.97. The molecule has 3 atom stereocenters. The van der Waals surface area contributed by atoms with Crippen LogP contribution in [0.5, 0.6) is 5.75 Å². The molecule has 4 rings (SSSR count). The molecule has 3 aromatic carbocycles. The van der Waals surface area contributed by atoms with Crippen molar-refractivity contribution >= 4 is 36.4 Å². The van der Waals surface area contributed by atoms with Crippen molar-refractivity contribution in [2.75, 3.05) is 25.1 Å². The van der Waals surface area contributed by atoms with Gasteiger partial charge in [0.1, 0.15) is 23.0 Å². The van der Waals surface area contributed by atoms with E-state index in [-0.39, 0.29) is 29.4 Å². The molecule has 3 aromatic rings. The Balaban J connectivity index is 1.67. The molecule has 1 heterocycles. The van der Waals surface area contributed by atoms with E-state index < -0.39 is 31.7 Å². The molecule has 8 nitrogen and oxygen atoms in total. The highest BCUT2D eigenvalue weighted by Gasteiger charge is 2.50. The summed E-state index contributed by atoms with van der Waals surface area (Å²) in [6.45, 7) is 21.1. The number of carbonyl (C=O) groups is 2. The molecule has 2 amide bonds. The Kier molecular flexibility index (Phi) is 12.2. The van der Waals surface area contributed by atoms with Crippen molar-refractivity contribution in [3.63, 3.8) is 0 Å². The van der Waals surface area contributed by atoms with E-state index in [9.17, 15) is 9.59 Å². The number of ether oxygens (including phenoxy) is 2. The van der Waals surface area contributed by atoms with Crippen molar-refractivity contribution in [1.29, 1.82) is 0 Å². The minimum Gasteiger partial charge on any atom is -0.486 e. The number of fused-ring (bicyclic) bond motifs is 1. The van der Waals surface area contributed by atoms with Crippen molar-refractivity contribution in [2.45, 2.75) is 110 Å². The second-order valence-electron chi connectivity index (χ2n) is 16.2. The number of hydrogen-bond donors (Lipinski definition) is 2. The molecule has 0 aliphatic carbocycles. The van der Waals surface area contributed by atoms with Crippen LogP contribution in [0.2, 0.25) is 5.04 Å². The SMILES string of the molecule is CC[C@](C)(CNC(=O)OC(C)(C)C)Oc1ccc2c(c1)N(C)[C@@H](C(C)C)C(=O)N[C@H](CO[Si](c1ccccc1)(c1ccccc1)C(C)(C)C)C2. The van der Waals surface area contributed by atoms with Gasteiger partial charge in [0.15, 0.2) is 0 Å². The molecule has 2 N–H and O–H groups in total. The molecule has 0 saturated carbocycles. The molecule has 0 fully saturated rings. The maximum atomic E-state index is 14.0. The van der Waals surface area contributed by atoms with Crippen LogP contribution in [0.3, 0.4) is 0 Å². The number of alkyl carbamates (subject to hydrolysis) is 1. The zero-order valence-corrected chi connectivity index (χ0v) is 33.1. The van der Waals surface area contributed by atoms with Crippen LogP contribution in [-0.4, -0.2) is 63.8 Å². The number of anilines is 1. The smallest absolute Gasteiger partial charge is 0.407 e. The number of amides is 2. The summed E-state index contributed by atoms with van der Waals surface area (Å²) >= 11 is 0. The zero-order chi connectivity index (χ0) is 36.9. The summed E-state index contributed by atoms with van der Waals surface area (Å²) in [5.41, 5.74) is 0.790. The van der Waals surface area contributed by atoms with E-state index in [4.69, 9.17) is 13.9 Å². The first-order valence-corrected chi connectivity index (χ1v) is 19.9. The van der Waals surface area contributed by atoms with E-state index in [1.807, 2.05) is 65.9 Å². The highest BCUT2D eigenvalue weighted by atomic mass is 28.4. The summed E-state index contributed by atoms with van der Waals surface area (Å²) in [7, 11) is -0.837. The van der Waals surface area contributed by atoms with Gasteiger partial charge < -0.3 is 29.4 Å². The summed E-state index contributed by atoms with van der Waals surface area (Å²) < 4.78 is 19.3. The van der Waals surface area contributed by atoms with Crippen molar-refractivity contribution in [3.05, 3.63) is 84.4 Å². The number of hydrogen-bond acceptors (Lipinski definition) is 6. The van der Waals surface area contributed by atoms with E-state index in [0.717, 1.165) is 11.3 Å². The molecule has 272 valence electrons. The van der Waals surface area contributed by atoms with Crippen LogP contribution < -0.4 is 30.6 Å². The predicted molar refractivity (Wildman–Crippen MR) is 206 cm³/mol. The van der Waals surface area contributed by atoms with Crippen molar-refractivity contribution < 1.29 is 23.5 Å². The molecule has 1 aliphatic rings. The first-order valence-electron chi connectivity index (χ1n) is 18.0. The fourth-order valence-corrected chi connectivity index (χ4v) is 11.6. The van der Waals surface area contributed by atoms with Crippen LogP contribution >= 0.6 is 0 Å². The Morgan fingerprint density at radius 2 is 1.52 bits per heavy atom. The largest absolute Gasteiger partial charge is 0.486 e. The number of nitrogens with one attached hydrogen (secondary N) is 2. The third kappa shape index (κ3) is 9.09. The topological polar surface area (TPSA) is 89.1 Å². The summed E-state index contributed by atoms with van der Waals surface area (Å²) in [6, 6.07) is 26.7. The van der Waals surface area contributed by atoms with Gasteiger partial charge in [0.05, 0.1) is 19.2 Å². The van der Waals surface area contributed by atoms with Crippen molar-refractivity contribution in [2.24, 2.45) is 5.92 Å². The van der Waals surface area contributed by atoms with E-state index in [1.54, 1.807) is 0 Å². The summed E-state index contributed by atoms with van der Waals surface area (Å²) in [5.74, 6) is 0.706. The summed E-state index contributed by atoms with van der Waals surface area (Å²) in [4.78, 5) is 28.5. The lowest BCUT2D eigenvalue weighted by atomic mass is 9.95. The van der Waals surface area contributed by atoms with Gasteiger partial charge >= 0.3 is 6.09 Å². The fraction of sp³-hybridized carbons (Fsp3) is 0.512. The number of carbonyl (C=O) groups excluding carboxylic acids is 2. The van der Waals surface area contributed by atoms with Crippen LogP contribution in [0.25, 0.3) is 0 Å². The second-order valence-corrected chi connectivity index (χ2v) is 20.5. The Labute approximate surface area is 301 Å². The molecule has 0 radical (unpaired) electrons. The maximum absolute atomic E-state index is 14.0. The van der Waals surface area contributed by atoms with E-state index in [1.165, 1.54) is 10.4 Å². The minimum atomic E-state index is -2.82. The molecule has 9 heteroatoms. The highest BCUT2D eigenvalue weighted by Crippen LogP contribution is 2.38. The first kappa shape index (κ1) is 39.0. The third-order valence-electron chi connectivity index (χ3n) is 9.60. The zero-order valence-electron chi connectivity index (χ0n) is 32.1. The van der Waals surface area contributed by atoms with Gasteiger partial charge in [0.25, 0.3) is 8.32 Å². The molecule has 0 saturated heterocycles. The monoisotopic (exact) mass is 701 g/mol. The molecular weight excluding hydrogens is 643 g/mol. The molecule has 50 heavy (non-hydrogen) atoms. The molecule has 0 aromatic heterocycles. The molecular formula is C41H59N3O5Si. The normalized spacial score (nSPS) is 18.3. The van der Waals surface area contributed by atoms with Gasteiger partial charge in [0, 0.05) is 18.8 Å². The van der Waals surface area contributed by atoms with Crippen LogP contribution in [0.4, 0.5) is 10.5 Å². The lowest BCUT2D eigenvalue weighted by molar-refractivity contribution is -0.124. The van der Waals surface area contributed by atoms with Gasteiger partial charge in [-0.2, -0.15) is 0 Å². The summed E-state index contributed by atoms with van der Waals surface area (Å²) in [6.07, 6.45) is 0.782. The summed E-state index contributed by atoms with van der Waals surface area (Å²) in [5, 5.41) is 8.49. The van der Waals surface area contributed by atoms with Crippen LogP contribution in [-0.2, 0) is 20.4 Å². The predicted octanol–water partition coefficient (Wildman–Crippen LogP) is 6.84. The highest BCUT2D eigenvalue weighted by molar-refractivity contribution is 6.99. The van der Waals surface area contributed by atoms with Gasteiger partial charge in [-0.3, -0.25) is 4.79 Å². The number of rotatable bonds is 11. The third-order valence-corrected chi connectivity index (χ3v) is 14.6. The molecule has 0 bridgehead atoms. The van der Waals surface area contributed by atoms with E-state index in [2.05, 4.69) is 105 Å². The van der Waals surface area contributed by atoms with Gasteiger partial charge in [0.2, 0.25) is 5.91 Å². The number of likely N-dealkylation sites (N-methyl/N-ethyl adjacent to an activating group) is 1. The van der Waals surface area contributed by atoms with E-state index in [0.29, 0.717) is 25.2 Å². The van der Waals surface area contributed by atoms with Crippen molar-refractivity contribution in [3.8, 4) is 5.75 Å². The van der Waals surface area contributed by atoms with Gasteiger partial charge in [-0.15, -0.1) is 0 Å². The van der Waals surface area contributed by atoms with E-state index >= 15 is 0 Å².